The van der Waals surface area contributed by atoms with E-state index in [1.807, 2.05) is 43.3 Å². The van der Waals surface area contributed by atoms with E-state index in [4.69, 9.17) is 44.9 Å². The van der Waals surface area contributed by atoms with E-state index in [0.717, 1.165) is 42.0 Å². The molecule has 1 atom stereocenters. The van der Waals surface area contributed by atoms with Crippen LogP contribution in [-0.4, -0.2) is 36.4 Å². The normalized spacial score (nSPS) is 16.1. The second-order valence-electron chi connectivity index (χ2n) is 6.85. The molecule has 0 spiro atoms. The summed E-state index contributed by atoms with van der Waals surface area (Å²) in [6.07, 6.45) is 2.22. The molecular weight excluding hydrogens is 415 g/mol. The maximum Gasteiger partial charge on any atom is 0.173 e. The Morgan fingerprint density at radius 1 is 1.29 bits per heavy atom. The zero-order valence-electron chi connectivity index (χ0n) is 16.0. The van der Waals surface area contributed by atoms with Gasteiger partial charge in [-0.15, -0.1) is 0 Å². The molecule has 0 bridgehead atoms. The fourth-order valence-corrected chi connectivity index (χ4v) is 4.01. The van der Waals surface area contributed by atoms with Crippen LogP contribution < -0.4 is 10.1 Å². The van der Waals surface area contributed by atoms with Crippen LogP contribution in [0.1, 0.15) is 24.0 Å². The molecule has 4 nitrogen and oxygen atoms in total. The summed E-state index contributed by atoms with van der Waals surface area (Å²) in [5.41, 5.74) is 2.80. The van der Waals surface area contributed by atoms with Gasteiger partial charge in [-0.05, 0) is 61.8 Å². The molecule has 1 aliphatic rings. The predicted octanol–water partition coefficient (Wildman–Crippen LogP) is 5.69. The van der Waals surface area contributed by atoms with Gasteiger partial charge in [0.25, 0.3) is 0 Å². The van der Waals surface area contributed by atoms with Gasteiger partial charge in [-0.1, -0.05) is 35.3 Å². The van der Waals surface area contributed by atoms with Gasteiger partial charge in [0.15, 0.2) is 5.11 Å². The zero-order valence-corrected chi connectivity index (χ0v) is 18.3. The van der Waals surface area contributed by atoms with Crippen LogP contribution in [0.4, 0.5) is 5.69 Å². The number of thiocarbonyl (C=S) groups is 1. The maximum absolute atomic E-state index is 6.40. The molecular formula is C21H24Cl2N2O2S. The first kappa shape index (κ1) is 21.2. The number of aryl methyl sites for hydroxylation is 1. The molecule has 1 heterocycles. The maximum atomic E-state index is 6.40. The third-order valence-electron chi connectivity index (χ3n) is 4.74. The molecule has 1 aliphatic heterocycles. The van der Waals surface area contributed by atoms with Crippen LogP contribution in [0, 0.1) is 6.92 Å². The highest BCUT2D eigenvalue weighted by molar-refractivity contribution is 7.80. The molecule has 0 amide bonds. The number of nitrogens with zero attached hydrogens (tertiary/aromatic N) is 1. The van der Waals surface area contributed by atoms with Gasteiger partial charge in [0.05, 0.1) is 18.9 Å². The Kier molecular flexibility index (Phi) is 7.41. The summed E-state index contributed by atoms with van der Waals surface area (Å²) >= 11 is 18.5. The van der Waals surface area contributed by atoms with Gasteiger partial charge in [0.1, 0.15) is 5.75 Å². The summed E-state index contributed by atoms with van der Waals surface area (Å²) in [4.78, 5) is 2.06. The van der Waals surface area contributed by atoms with E-state index in [9.17, 15) is 0 Å². The summed E-state index contributed by atoms with van der Waals surface area (Å²) in [5, 5.41) is 5.16. The molecule has 28 heavy (non-hydrogen) atoms. The van der Waals surface area contributed by atoms with Gasteiger partial charge in [-0.3, -0.25) is 0 Å². The number of ether oxygens (including phenoxy) is 2. The summed E-state index contributed by atoms with van der Waals surface area (Å²) in [6.45, 7) is 3.98. The van der Waals surface area contributed by atoms with Crippen molar-refractivity contribution in [3.05, 3.63) is 57.6 Å². The van der Waals surface area contributed by atoms with Gasteiger partial charge in [-0.2, -0.15) is 0 Å². The number of rotatable bonds is 6. The Balaban J connectivity index is 1.83. The molecule has 150 valence electrons. The number of anilines is 1. The third-order valence-corrected chi connectivity index (χ3v) is 5.81. The van der Waals surface area contributed by atoms with Crippen LogP contribution >= 0.6 is 35.4 Å². The second kappa shape index (κ2) is 9.79. The summed E-state index contributed by atoms with van der Waals surface area (Å²) in [6, 6.07) is 11.5. The number of halogens is 2. The molecule has 1 unspecified atom stereocenters. The highest BCUT2D eigenvalue weighted by Gasteiger charge is 2.23. The second-order valence-corrected chi connectivity index (χ2v) is 8.05. The lowest BCUT2D eigenvalue weighted by molar-refractivity contribution is 0.0905. The van der Waals surface area contributed by atoms with Crippen LogP contribution in [0.25, 0.3) is 0 Å². The van der Waals surface area contributed by atoms with Crippen molar-refractivity contribution in [3.8, 4) is 5.75 Å². The van der Waals surface area contributed by atoms with Crippen LogP contribution in [0.15, 0.2) is 36.4 Å². The van der Waals surface area contributed by atoms with E-state index in [1.165, 1.54) is 0 Å². The number of benzene rings is 2. The molecule has 2 aromatic rings. The van der Waals surface area contributed by atoms with E-state index >= 15 is 0 Å². The molecule has 7 heteroatoms. The molecule has 0 saturated carbocycles. The zero-order chi connectivity index (χ0) is 20.1. The van der Waals surface area contributed by atoms with Gasteiger partial charge in [-0.25, -0.2) is 0 Å². The van der Waals surface area contributed by atoms with Crippen LogP contribution in [-0.2, 0) is 11.3 Å². The highest BCUT2D eigenvalue weighted by atomic mass is 35.5. The molecule has 0 aliphatic carbocycles. The van der Waals surface area contributed by atoms with E-state index in [2.05, 4.69) is 10.2 Å². The first-order chi connectivity index (χ1) is 13.5. The summed E-state index contributed by atoms with van der Waals surface area (Å²) in [5.74, 6) is 0.737. The van der Waals surface area contributed by atoms with Crippen molar-refractivity contribution in [2.75, 3.05) is 25.6 Å². The van der Waals surface area contributed by atoms with Crippen LogP contribution in [0.3, 0.4) is 0 Å². The molecule has 2 aromatic carbocycles. The van der Waals surface area contributed by atoms with Crippen molar-refractivity contribution in [1.29, 1.82) is 0 Å². The third kappa shape index (κ3) is 5.29. The standard InChI is InChI=1S/C21H24Cl2N2O2S/c1-14-8-9-20(26-2)19(11-14)24-21(28)25(12-15-5-4-10-27-15)13-16-17(22)6-3-7-18(16)23/h3,6-9,11,15H,4-5,10,12-13H2,1-2H3,(H,24,28). The quantitative estimate of drug-likeness (QED) is 0.585. The minimum absolute atomic E-state index is 0.139. The predicted molar refractivity (Wildman–Crippen MR) is 120 cm³/mol. The van der Waals surface area contributed by atoms with E-state index in [0.29, 0.717) is 28.2 Å². The number of hydrogen-bond acceptors (Lipinski definition) is 3. The highest BCUT2D eigenvalue weighted by Crippen LogP contribution is 2.29. The van der Waals surface area contributed by atoms with E-state index < -0.39 is 0 Å². The summed E-state index contributed by atoms with van der Waals surface area (Å²) in [7, 11) is 1.65. The molecule has 1 N–H and O–H groups in total. The molecule has 0 radical (unpaired) electrons. The Bertz CT molecular complexity index is 821. The Hall–Kier alpha value is -1.53. The minimum Gasteiger partial charge on any atom is -0.495 e. The van der Waals surface area contributed by atoms with Crippen molar-refractivity contribution in [3.63, 3.8) is 0 Å². The fourth-order valence-electron chi connectivity index (χ4n) is 3.24. The molecule has 3 rings (SSSR count). The smallest absolute Gasteiger partial charge is 0.173 e. The fraction of sp³-hybridized carbons (Fsp3) is 0.381. The lowest BCUT2D eigenvalue weighted by Crippen LogP contribution is -2.39. The van der Waals surface area contributed by atoms with Gasteiger partial charge in [0.2, 0.25) is 0 Å². The van der Waals surface area contributed by atoms with Gasteiger partial charge >= 0.3 is 0 Å². The molecule has 1 saturated heterocycles. The Morgan fingerprint density at radius 2 is 2.04 bits per heavy atom. The van der Waals surface area contributed by atoms with Gasteiger partial charge < -0.3 is 19.7 Å². The monoisotopic (exact) mass is 438 g/mol. The topological polar surface area (TPSA) is 33.7 Å². The number of methoxy groups -OCH3 is 1. The van der Waals surface area contributed by atoms with Crippen molar-refractivity contribution in [2.24, 2.45) is 0 Å². The Labute approximate surface area is 181 Å². The van der Waals surface area contributed by atoms with Crippen LogP contribution in [0.2, 0.25) is 10.0 Å². The van der Waals surface area contributed by atoms with Crippen molar-refractivity contribution >= 4 is 46.2 Å². The van der Waals surface area contributed by atoms with E-state index in [-0.39, 0.29) is 6.10 Å². The number of hydrogen-bond donors (Lipinski definition) is 1. The lowest BCUT2D eigenvalue weighted by Gasteiger charge is -2.29. The van der Waals surface area contributed by atoms with Crippen molar-refractivity contribution < 1.29 is 9.47 Å². The first-order valence-corrected chi connectivity index (χ1v) is 10.4. The molecule has 0 aromatic heterocycles. The average molecular weight is 439 g/mol. The average Bonchev–Trinajstić information content (AvgIpc) is 3.17. The summed E-state index contributed by atoms with van der Waals surface area (Å²) < 4.78 is 11.3. The lowest BCUT2D eigenvalue weighted by atomic mass is 10.2. The first-order valence-electron chi connectivity index (χ1n) is 9.23. The Morgan fingerprint density at radius 3 is 2.68 bits per heavy atom. The molecule has 1 fully saturated rings. The van der Waals surface area contributed by atoms with Crippen molar-refractivity contribution in [2.45, 2.75) is 32.4 Å². The largest absolute Gasteiger partial charge is 0.495 e. The SMILES string of the molecule is COc1ccc(C)cc1NC(=S)N(Cc1c(Cl)cccc1Cl)CC1CCCO1. The van der Waals surface area contributed by atoms with E-state index in [1.54, 1.807) is 7.11 Å². The van der Waals surface area contributed by atoms with Crippen LogP contribution in [0.5, 0.6) is 5.75 Å². The van der Waals surface area contributed by atoms with Crippen molar-refractivity contribution in [1.82, 2.24) is 4.90 Å². The number of nitrogens with one attached hydrogen (secondary N) is 1. The minimum atomic E-state index is 0.139. The van der Waals surface area contributed by atoms with Gasteiger partial charge in [0, 0.05) is 35.3 Å².